The average Bonchev–Trinajstić information content (AvgIpc) is 2.38. The molecule has 4 heteroatoms. The van der Waals surface area contributed by atoms with Crippen molar-refractivity contribution in [2.45, 2.75) is 30.7 Å². The molecule has 2 rings (SSSR count). The fraction of sp³-hybridized carbons (Fsp3) is 0.600. The first-order valence-corrected chi connectivity index (χ1v) is 8.16. The van der Waals surface area contributed by atoms with Crippen molar-refractivity contribution in [2.75, 3.05) is 32.1 Å². The smallest absolute Gasteiger partial charge is 0.0645 e. The number of rotatable bonds is 5. The first kappa shape index (κ1) is 15.2. The number of ether oxygens (including phenoxy) is 1. The topological polar surface area (TPSA) is 12.5 Å². The largest absolute Gasteiger partial charge is 0.378 e. The van der Waals surface area contributed by atoms with Gasteiger partial charge in [-0.05, 0) is 44.7 Å². The zero-order valence-electron chi connectivity index (χ0n) is 11.7. The van der Waals surface area contributed by atoms with Crippen molar-refractivity contribution >= 4 is 23.4 Å². The van der Waals surface area contributed by atoms with Gasteiger partial charge in [0.15, 0.2) is 0 Å². The van der Waals surface area contributed by atoms with Crippen LogP contribution in [0.4, 0.5) is 0 Å². The van der Waals surface area contributed by atoms with Crippen LogP contribution in [0.2, 0.25) is 5.02 Å². The minimum absolute atomic E-state index is 0.174. The number of hydrogen-bond donors (Lipinski definition) is 0. The number of morpholine rings is 1. The highest BCUT2D eigenvalue weighted by Crippen LogP contribution is 2.27. The lowest BCUT2D eigenvalue weighted by molar-refractivity contribution is -0.0505. The number of benzene rings is 1. The minimum atomic E-state index is 0.174. The van der Waals surface area contributed by atoms with E-state index in [4.69, 9.17) is 16.3 Å². The quantitative estimate of drug-likeness (QED) is 0.604. The third kappa shape index (κ3) is 4.38. The molecule has 1 aliphatic rings. The summed E-state index contributed by atoms with van der Waals surface area (Å²) in [5, 5.41) is 0.860. The SMILES string of the molecule is CC1(C)COCCN1CCCSc1ccccc1Cl. The van der Waals surface area contributed by atoms with E-state index in [0.717, 1.165) is 37.1 Å². The van der Waals surface area contributed by atoms with Crippen molar-refractivity contribution in [3.63, 3.8) is 0 Å². The summed E-state index contributed by atoms with van der Waals surface area (Å²) in [6.45, 7) is 8.39. The van der Waals surface area contributed by atoms with Gasteiger partial charge in [-0.3, -0.25) is 4.90 Å². The molecule has 1 aliphatic heterocycles. The van der Waals surface area contributed by atoms with Gasteiger partial charge in [0.05, 0.1) is 18.2 Å². The highest BCUT2D eigenvalue weighted by Gasteiger charge is 2.29. The summed E-state index contributed by atoms with van der Waals surface area (Å²) in [4.78, 5) is 3.72. The molecule has 0 amide bonds. The third-order valence-corrected chi connectivity index (χ3v) is 5.08. The molecule has 1 aromatic rings. The van der Waals surface area contributed by atoms with Crippen molar-refractivity contribution in [2.24, 2.45) is 0 Å². The van der Waals surface area contributed by atoms with Crippen LogP contribution in [0.15, 0.2) is 29.2 Å². The second-order valence-electron chi connectivity index (χ2n) is 5.48. The summed E-state index contributed by atoms with van der Waals surface area (Å²) in [7, 11) is 0. The second kappa shape index (κ2) is 6.98. The molecule has 0 radical (unpaired) electrons. The molecule has 1 heterocycles. The van der Waals surface area contributed by atoms with E-state index < -0.39 is 0 Å². The Morgan fingerprint density at radius 1 is 1.37 bits per heavy atom. The van der Waals surface area contributed by atoms with Gasteiger partial charge in [0.1, 0.15) is 0 Å². The summed E-state index contributed by atoms with van der Waals surface area (Å²) < 4.78 is 5.54. The molecule has 0 unspecified atom stereocenters. The Morgan fingerprint density at radius 2 is 2.16 bits per heavy atom. The summed E-state index contributed by atoms with van der Waals surface area (Å²) in [5.41, 5.74) is 0.174. The number of nitrogens with zero attached hydrogens (tertiary/aromatic N) is 1. The van der Waals surface area contributed by atoms with Crippen molar-refractivity contribution in [3.8, 4) is 0 Å². The molecule has 0 aliphatic carbocycles. The molecular weight excluding hydrogens is 278 g/mol. The number of hydrogen-bond acceptors (Lipinski definition) is 3. The molecule has 2 nitrogen and oxygen atoms in total. The van der Waals surface area contributed by atoms with Crippen LogP contribution in [-0.4, -0.2) is 42.5 Å². The second-order valence-corrected chi connectivity index (χ2v) is 7.03. The predicted octanol–water partition coefficient (Wildman–Crippen LogP) is 3.93. The standard InChI is InChI=1S/C15H22ClNOS/c1-15(2)12-18-10-9-17(15)8-5-11-19-14-7-4-3-6-13(14)16/h3-4,6-7H,5,8-12H2,1-2H3. The molecule has 106 valence electrons. The molecule has 0 N–H and O–H groups in total. The Bertz CT molecular complexity index is 411. The van der Waals surface area contributed by atoms with Crippen LogP contribution >= 0.6 is 23.4 Å². The Kier molecular flexibility index (Phi) is 5.58. The van der Waals surface area contributed by atoms with Gasteiger partial charge in [-0.1, -0.05) is 23.7 Å². The van der Waals surface area contributed by atoms with E-state index in [0.29, 0.717) is 0 Å². The average molecular weight is 300 g/mol. The van der Waals surface area contributed by atoms with Gasteiger partial charge in [0, 0.05) is 17.0 Å². The first-order chi connectivity index (χ1) is 9.09. The van der Waals surface area contributed by atoms with Gasteiger partial charge >= 0.3 is 0 Å². The zero-order valence-corrected chi connectivity index (χ0v) is 13.3. The molecule has 0 atom stereocenters. The van der Waals surface area contributed by atoms with Gasteiger partial charge in [0.25, 0.3) is 0 Å². The van der Waals surface area contributed by atoms with Crippen molar-refractivity contribution in [3.05, 3.63) is 29.3 Å². The molecule has 1 fully saturated rings. The highest BCUT2D eigenvalue weighted by molar-refractivity contribution is 7.99. The van der Waals surface area contributed by atoms with E-state index in [1.807, 2.05) is 30.0 Å². The normalized spacial score (nSPS) is 19.5. The summed E-state index contributed by atoms with van der Waals surface area (Å²) in [6, 6.07) is 8.06. The van der Waals surface area contributed by atoms with Gasteiger partial charge in [-0.15, -0.1) is 11.8 Å². The Morgan fingerprint density at radius 3 is 2.89 bits per heavy atom. The zero-order chi connectivity index (χ0) is 13.7. The lowest BCUT2D eigenvalue weighted by atomic mass is 10.0. The lowest BCUT2D eigenvalue weighted by Gasteiger charge is -2.42. The van der Waals surface area contributed by atoms with Crippen LogP contribution in [0.3, 0.4) is 0 Å². The van der Waals surface area contributed by atoms with Crippen LogP contribution in [0, 0.1) is 0 Å². The van der Waals surface area contributed by atoms with Gasteiger partial charge < -0.3 is 4.74 Å². The lowest BCUT2D eigenvalue weighted by Crippen LogP contribution is -2.53. The molecule has 0 aromatic heterocycles. The third-order valence-electron chi connectivity index (χ3n) is 3.48. The fourth-order valence-corrected chi connectivity index (χ4v) is 3.48. The number of thioether (sulfide) groups is 1. The van der Waals surface area contributed by atoms with E-state index in [1.54, 1.807) is 0 Å². The molecule has 1 aromatic carbocycles. The van der Waals surface area contributed by atoms with E-state index in [1.165, 1.54) is 11.3 Å². The van der Waals surface area contributed by atoms with Crippen molar-refractivity contribution in [1.82, 2.24) is 4.90 Å². The van der Waals surface area contributed by atoms with Crippen LogP contribution in [0.1, 0.15) is 20.3 Å². The first-order valence-electron chi connectivity index (χ1n) is 6.80. The molecule has 0 saturated carbocycles. The molecule has 0 bridgehead atoms. The van der Waals surface area contributed by atoms with Crippen molar-refractivity contribution < 1.29 is 4.74 Å². The maximum atomic E-state index is 6.15. The molecule has 0 spiro atoms. The summed E-state index contributed by atoms with van der Waals surface area (Å²) in [6.07, 6.45) is 1.18. The van der Waals surface area contributed by atoms with E-state index in [9.17, 15) is 0 Å². The van der Waals surface area contributed by atoms with Gasteiger partial charge in [-0.2, -0.15) is 0 Å². The van der Waals surface area contributed by atoms with Crippen LogP contribution in [0.25, 0.3) is 0 Å². The highest BCUT2D eigenvalue weighted by atomic mass is 35.5. The summed E-state index contributed by atoms with van der Waals surface area (Å²) >= 11 is 8.00. The van der Waals surface area contributed by atoms with E-state index in [-0.39, 0.29) is 5.54 Å². The maximum absolute atomic E-state index is 6.15. The van der Waals surface area contributed by atoms with E-state index >= 15 is 0 Å². The predicted molar refractivity (Wildman–Crippen MR) is 83.3 cm³/mol. The molecule has 1 saturated heterocycles. The minimum Gasteiger partial charge on any atom is -0.378 e. The molecular formula is C15H22ClNOS. The van der Waals surface area contributed by atoms with Gasteiger partial charge in [0.2, 0.25) is 0 Å². The van der Waals surface area contributed by atoms with Crippen LogP contribution < -0.4 is 0 Å². The number of halogens is 1. The van der Waals surface area contributed by atoms with Crippen molar-refractivity contribution in [1.29, 1.82) is 0 Å². The van der Waals surface area contributed by atoms with E-state index in [2.05, 4.69) is 24.8 Å². The Balaban J connectivity index is 1.73. The summed E-state index contributed by atoms with van der Waals surface area (Å²) in [5.74, 6) is 1.11. The molecule has 19 heavy (non-hydrogen) atoms. The Labute approximate surface area is 125 Å². The van der Waals surface area contributed by atoms with Crippen LogP contribution in [-0.2, 0) is 4.74 Å². The Hall–Kier alpha value is -0.220. The maximum Gasteiger partial charge on any atom is 0.0645 e. The van der Waals surface area contributed by atoms with Gasteiger partial charge in [-0.25, -0.2) is 0 Å². The fourth-order valence-electron chi connectivity index (χ4n) is 2.30. The monoisotopic (exact) mass is 299 g/mol. The van der Waals surface area contributed by atoms with Crippen LogP contribution in [0.5, 0.6) is 0 Å².